The van der Waals surface area contributed by atoms with Crippen LogP contribution in [0.5, 0.6) is 11.5 Å². The predicted molar refractivity (Wildman–Crippen MR) is 116 cm³/mol. The molecule has 0 saturated carbocycles. The molecule has 4 aromatic carbocycles. The molecule has 28 heavy (non-hydrogen) atoms. The van der Waals surface area contributed by atoms with Gasteiger partial charge in [-0.15, -0.1) is 0 Å². The van der Waals surface area contributed by atoms with Crippen LogP contribution in [0.25, 0.3) is 33.4 Å². The van der Waals surface area contributed by atoms with Crippen molar-refractivity contribution in [3.05, 3.63) is 97.1 Å². The lowest BCUT2D eigenvalue weighted by atomic mass is 9.89. The van der Waals surface area contributed by atoms with Gasteiger partial charge in [-0.05, 0) is 28.8 Å². The Morgan fingerprint density at radius 1 is 0.464 bits per heavy atom. The molecule has 0 aliphatic rings. The molecular formula is C26H22O2. The van der Waals surface area contributed by atoms with Crippen molar-refractivity contribution in [2.24, 2.45) is 0 Å². The Balaban J connectivity index is 2.04. The van der Waals surface area contributed by atoms with E-state index in [-0.39, 0.29) is 0 Å². The van der Waals surface area contributed by atoms with Crippen molar-refractivity contribution in [2.45, 2.75) is 0 Å². The summed E-state index contributed by atoms with van der Waals surface area (Å²) >= 11 is 0. The molecule has 0 saturated heterocycles. The lowest BCUT2D eigenvalue weighted by Crippen LogP contribution is -1.96. The molecule has 0 spiro atoms. The molecule has 0 atom stereocenters. The average Bonchev–Trinajstić information content (AvgIpc) is 2.79. The molecule has 0 unspecified atom stereocenters. The highest BCUT2D eigenvalue weighted by atomic mass is 16.5. The Labute approximate surface area is 166 Å². The fourth-order valence-electron chi connectivity index (χ4n) is 3.62. The SMILES string of the molecule is COc1ccccc1-c1ccc(-c2ccccc2)c(-c2ccccc2)c1OC. The molecule has 0 N–H and O–H groups in total. The van der Waals surface area contributed by atoms with Gasteiger partial charge in [-0.1, -0.05) is 84.9 Å². The van der Waals surface area contributed by atoms with Crippen LogP contribution in [0, 0.1) is 0 Å². The molecule has 0 aromatic heterocycles. The molecular weight excluding hydrogens is 344 g/mol. The van der Waals surface area contributed by atoms with E-state index in [9.17, 15) is 0 Å². The minimum absolute atomic E-state index is 0.826. The van der Waals surface area contributed by atoms with Crippen LogP contribution in [0.4, 0.5) is 0 Å². The zero-order chi connectivity index (χ0) is 19.3. The van der Waals surface area contributed by atoms with Crippen LogP contribution in [-0.4, -0.2) is 14.2 Å². The second-order valence-corrected chi connectivity index (χ2v) is 6.50. The monoisotopic (exact) mass is 366 g/mol. The highest BCUT2D eigenvalue weighted by molar-refractivity contribution is 5.94. The third-order valence-electron chi connectivity index (χ3n) is 4.91. The average molecular weight is 366 g/mol. The third-order valence-corrected chi connectivity index (χ3v) is 4.91. The van der Waals surface area contributed by atoms with Crippen molar-refractivity contribution in [1.82, 2.24) is 0 Å². The summed E-state index contributed by atoms with van der Waals surface area (Å²) in [5, 5.41) is 0. The molecule has 138 valence electrons. The van der Waals surface area contributed by atoms with Crippen molar-refractivity contribution in [1.29, 1.82) is 0 Å². The highest BCUT2D eigenvalue weighted by Crippen LogP contribution is 2.46. The number of ether oxygens (including phenoxy) is 2. The standard InChI is InChI=1S/C26H22O2/c1-27-24-16-10-9-15-22(24)23-18-17-21(19-11-5-3-6-12-19)25(26(23)28-2)20-13-7-4-8-14-20/h3-18H,1-2H3. The van der Waals surface area contributed by atoms with E-state index in [1.807, 2.05) is 30.3 Å². The number of benzene rings is 4. The zero-order valence-corrected chi connectivity index (χ0v) is 16.1. The Morgan fingerprint density at radius 2 is 1.04 bits per heavy atom. The van der Waals surface area contributed by atoms with Crippen molar-refractivity contribution < 1.29 is 9.47 Å². The fraction of sp³-hybridized carbons (Fsp3) is 0.0769. The van der Waals surface area contributed by atoms with E-state index in [1.165, 1.54) is 0 Å². The number of rotatable bonds is 5. The van der Waals surface area contributed by atoms with Crippen LogP contribution < -0.4 is 9.47 Å². The molecule has 0 aliphatic carbocycles. The molecule has 2 nitrogen and oxygen atoms in total. The lowest BCUT2D eigenvalue weighted by molar-refractivity contribution is 0.411. The molecule has 0 bridgehead atoms. The van der Waals surface area contributed by atoms with Gasteiger partial charge in [0.1, 0.15) is 11.5 Å². The third kappa shape index (κ3) is 3.25. The van der Waals surface area contributed by atoms with Crippen LogP contribution >= 0.6 is 0 Å². The minimum atomic E-state index is 0.826. The summed E-state index contributed by atoms with van der Waals surface area (Å²) in [7, 11) is 3.43. The van der Waals surface area contributed by atoms with Crippen molar-refractivity contribution >= 4 is 0 Å². The first kappa shape index (κ1) is 17.9. The molecule has 0 radical (unpaired) electrons. The van der Waals surface area contributed by atoms with Gasteiger partial charge in [-0.3, -0.25) is 0 Å². The van der Waals surface area contributed by atoms with E-state index < -0.39 is 0 Å². The molecule has 0 fully saturated rings. The minimum Gasteiger partial charge on any atom is -0.496 e. The first-order valence-corrected chi connectivity index (χ1v) is 9.28. The van der Waals surface area contributed by atoms with Crippen LogP contribution in [0.3, 0.4) is 0 Å². The van der Waals surface area contributed by atoms with E-state index in [0.717, 1.165) is 44.9 Å². The van der Waals surface area contributed by atoms with Crippen molar-refractivity contribution in [3.8, 4) is 44.9 Å². The summed E-state index contributed by atoms with van der Waals surface area (Å²) in [5.74, 6) is 1.67. The Hall–Kier alpha value is -3.52. The van der Waals surface area contributed by atoms with Gasteiger partial charge in [0.2, 0.25) is 0 Å². The number of hydrogen-bond donors (Lipinski definition) is 0. The Bertz CT molecular complexity index is 1070. The maximum Gasteiger partial charge on any atom is 0.135 e. The zero-order valence-electron chi connectivity index (χ0n) is 16.1. The van der Waals surface area contributed by atoms with Gasteiger partial charge in [0, 0.05) is 16.7 Å². The quantitative estimate of drug-likeness (QED) is 0.391. The lowest BCUT2D eigenvalue weighted by Gasteiger charge is -2.19. The molecule has 2 heteroatoms. The Kier molecular flexibility index (Phi) is 5.11. The van der Waals surface area contributed by atoms with E-state index in [0.29, 0.717) is 0 Å². The molecule has 4 aromatic rings. The molecule has 0 heterocycles. The van der Waals surface area contributed by atoms with Gasteiger partial charge in [0.15, 0.2) is 0 Å². The van der Waals surface area contributed by atoms with Gasteiger partial charge in [-0.25, -0.2) is 0 Å². The smallest absolute Gasteiger partial charge is 0.135 e. The van der Waals surface area contributed by atoms with E-state index >= 15 is 0 Å². The van der Waals surface area contributed by atoms with Crippen LogP contribution in [0.1, 0.15) is 0 Å². The van der Waals surface area contributed by atoms with E-state index in [2.05, 4.69) is 66.7 Å². The summed E-state index contributed by atoms with van der Waals surface area (Å²) in [6.45, 7) is 0. The first-order chi connectivity index (χ1) is 13.8. The first-order valence-electron chi connectivity index (χ1n) is 9.28. The fourth-order valence-corrected chi connectivity index (χ4v) is 3.62. The van der Waals surface area contributed by atoms with Crippen molar-refractivity contribution in [3.63, 3.8) is 0 Å². The topological polar surface area (TPSA) is 18.5 Å². The summed E-state index contributed by atoms with van der Waals surface area (Å²) in [6.07, 6.45) is 0. The molecule has 0 amide bonds. The second kappa shape index (κ2) is 8.01. The summed E-state index contributed by atoms with van der Waals surface area (Å²) in [5.41, 5.74) is 6.53. The van der Waals surface area contributed by atoms with Crippen LogP contribution in [0.2, 0.25) is 0 Å². The summed E-state index contributed by atoms with van der Waals surface area (Å²) in [4.78, 5) is 0. The van der Waals surface area contributed by atoms with Gasteiger partial charge in [0.25, 0.3) is 0 Å². The summed E-state index contributed by atoms with van der Waals surface area (Å²) in [6, 6.07) is 33.1. The van der Waals surface area contributed by atoms with E-state index in [4.69, 9.17) is 9.47 Å². The number of methoxy groups -OCH3 is 2. The predicted octanol–water partition coefficient (Wildman–Crippen LogP) is 6.70. The van der Waals surface area contributed by atoms with Gasteiger partial charge in [-0.2, -0.15) is 0 Å². The maximum atomic E-state index is 5.99. The van der Waals surface area contributed by atoms with Crippen LogP contribution in [-0.2, 0) is 0 Å². The molecule has 0 aliphatic heterocycles. The summed E-state index contributed by atoms with van der Waals surface area (Å²) < 4.78 is 11.6. The Morgan fingerprint density at radius 3 is 1.68 bits per heavy atom. The maximum absolute atomic E-state index is 5.99. The van der Waals surface area contributed by atoms with Crippen LogP contribution in [0.15, 0.2) is 97.1 Å². The normalized spacial score (nSPS) is 10.5. The number of para-hydroxylation sites is 1. The highest BCUT2D eigenvalue weighted by Gasteiger charge is 2.19. The number of hydrogen-bond acceptors (Lipinski definition) is 2. The van der Waals surface area contributed by atoms with Gasteiger partial charge in [0.05, 0.1) is 14.2 Å². The van der Waals surface area contributed by atoms with Crippen molar-refractivity contribution in [2.75, 3.05) is 14.2 Å². The molecule has 4 rings (SSSR count). The largest absolute Gasteiger partial charge is 0.496 e. The van der Waals surface area contributed by atoms with Gasteiger partial charge >= 0.3 is 0 Å². The van der Waals surface area contributed by atoms with E-state index in [1.54, 1.807) is 14.2 Å². The second-order valence-electron chi connectivity index (χ2n) is 6.50. The van der Waals surface area contributed by atoms with Gasteiger partial charge < -0.3 is 9.47 Å².